The van der Waals surface area contributed by atoms with Gasteiger partial charge in [-0.1, -0.05) is 13.3 Å². The Bertz CT molecular complexity index is 554. The SMILES string of the molecule is CCCC1(C(=O)Nc2ccc(I)cc2C(=O)O)CCCN1. The molecule has 1 aliphatic heterocycles. The smallest absolute Gasteiger partial charge is 0.337 e. The highest BCUT2D eigenvalue weighted by Crippen LogP contribution is 2.28. The number of aromatic carboxylic acids is 1. The molecule has 1 aromatic rings. The van der Waals surface area contributed by atoms with Crippen molar-refractivity contribution in [3.63, 3.8) is 0 Å². The summed E-state index contributed by atoms with van der Waals surface area (Å²) in [6.07, 6.45) is 3.41. The maximum atomic E-state index is 12.6. The molecule has 0 saturated carbocycles. The van der Waals surface area contributed by atoms with Crippen LogP contribution in [0.4, 0.5) is 5.69 Å². The summed E-state index contributed by atoms with van der Waals surface area (Å²) in [5.41, 5.74) is -0.0787. The van der Waals surface area contributed by atoms with E-state index in [0.29, 0.717) is 5.69 Å². The Hall–Kier alpha value is -1.15. The zero-order valence-electron chi connectivity index (χ0n) is 11.9. The van der Waals surface area contributed by atoms with Gasteiger partial charge < -0.3 is 15.7 Å². The molecule has 1 fully saturated rings. The molecule has 21 heavy (non-hydrogen) atoms. The van der Waals surface area contributed by atoms with Gasteiger partial charge in [0.1, 0.15) is 0 Å². The number of carbonyl (C=O) groups is 2. The number of carboxylic acids is 1. The molecule has 6 heteroatoms. The molecule has 5 nitrogen and oxygen atoms in total. The van der Waals surface area contributed by atoms with E-state index in [1.165, 1.54) is 0 Å². The predicted octanol–water partition coefficient (Wildman–Crippen LogP) is 2.85. The molecule has 1 saturated heterocycles. The highest BCUT2D eigenvalue weighted by molar-refractivity contribution is 14.1. The number of anilines is 1. The van der Waals surface area contributed by atoms with Gasteiger partial charge >= 0.3 is 5.97 Å². The number of carboxylic acid groups (broad SMARTS) is 1. The van der Waals surface area contributed by atoms with Gasteiger partial charge in [0.25, 0.3) is 0 Å². The van der Waals surface area contributed by atoms with E-state index >= 15 is 0 Å². The lowest BCUT2D eigenvalue weighted by molar-refractivity contribution is -0.122. The van der Waals surface area contributed by atoms with Crippen molar-refractivity contribution in [2.45, 2.75) is 38.1 Å². The molecule has 1 aromatic carbocycles. The zero-order valence-corrected chi connectivity index (χ0v) is 14.1. The van der Waals surface area contributed by atoms with Crippen LogP contribution in [0.25, 0.3) is 0 Å². The van der Waals surface area contributed by atoms with Gasteiger partial charge in [0, 0.05) is 3.57 Å². The summed E-state index contributed by atoms with van der Waals surface area (Å²) in [6, 6.07) is 5.00. The van der Waals surface area contributed by atoms with E-state index in [-0.39, 0.29) is 11.5 Å². The van der Waals surface area contributed by atoms with Crippen molar-refractivity contribution in [2.24, 2.45) is 0 Å². The minimum Gasteiger partial charge on any atom is -0.478 e. The Morgan fingerprint density at radius 1 is 1.48 bits per heavy atom. The molecule has 1 atom stereocenters. The summed E-state index contributed by atoms with van der Waals surface area (Å²) < 4.78 is 0.824. The Morgan fingerprint density at radius 3 is 2.81 bits per heavy atom. The van der Waals surface area contributed by atoms with E-state index in [1.54, 1.807) is 18.2 Å². The summed E-state index contributed by atoms with van der Waals surface area (Å²) in [4.78, 5) is 23.9. The average Bonchev–Trinajstić information content (AvgIpc) is 2.91. The van der Waals surface area contributed by atoms with E-state index in [2.05, 4.69) is 33.2 Å². The van der Waals surface area contributed by atoms with Crippen molar-refractivity contribution in [3.8, 4) is 0 Å². The standard InChI is InChI=1S/C15H19IN2O3/c1-2-6-15(7-3-8-17-15)14(21)18-12-5-4-10(16)9-11(12)13(19)20/h4-5,9,17H,2-3,6-8H2,1H3,(H,18,21)(H,19,20). The van der Waals surface area contributed by atoms with Crippen LogP contribution in [0.3, 0.4) is 0 Å². The van der Waals surface area contributed by atoms with Crippen molar-refractivity contribution < 1.29 is 14.7 Å². The van der Waals surface area contributed by atoms with Crippen LogP contribution in [0.2, 0.25) is 0 Å². The van der Waals surface area contributed by atoms with E-state index in [1.807, 2.05) is 6.92 Å². The Kier molecular flexibility index (Phi) is 5.21. The molecular weight excluding hydrogens is 383 g/mol. The topological polar surface area (TPSA) is 78.4 Å². The molecule has 3 N–H and O–H groups in total. The first-order valence-electron chi connectivity index (χ1n) is 7.08. The molecule has 0 spiro atoms. The fourth-order valence-electron chi connectivity index (χ4n) is 2.80. The van der Waals surface area contributed by atoms with E-state index in [9.17, 15) is 14.7 Å². The minimum atomic E-state index is -1.03. The monoisotopic (exact) mass is 402 g/mol. The van der Waals surface area contributed by atoms with E-state index < -0.39 is 11.5 Å². The van der Waals surface area contributed by atoms with Crippen LogP contribution in [-0.2, 0) is 4.79 Å². The first-order chi connectivity index (χ1) is 9.98. The molecule has 0 bridgehead atoms. The van der Waals surface area contributed by atoms with Crippen molar-refractivity contribution in [3.05, 3.63) is 27.3 Å². The van der Waals surface area contributed by atoms with E-state index in [4.69, 9.17) is 0 Å². The molecule has 114 valence electrons. The largest absolute Gasteiger partial charge is 0.478 e. The zero-order chi connectivity index (χ0) is 15.5. The lowest BCUT2D eigenvalue weighted by Crippen LogP contribution is -2.50. The number of benzene rings is 1. The molecule has 0 aromatic heterocycles. The van der Waals surface area contributed by atoms with Crippen LogP contribution in [-0.4, -0.2) is 29.1 Å². The predicted molar refractivity (Wildman–Crippen MR) is 89.6 cm³/mol. The number of nitrogens with one attached hydrogen (secondary N) is 2. The highest BCUT2D eigenvalue weighted by Gasteiger charge is 2.40. The van der Waals surface area contributed by atoms with Gasteiger partial charge in [-0.15, -0.1) is 0 Å². The molecule has 1 heterocycles. The highest BCUT2D eigenvalue weighted by atomic mass is 127. The maximum absolute atomic E-state index is 12.6. The molecule has 1 amide bonds. The number of carbonyl (C=O) groups excluding carboxylic acids is 1. The normalized spacial score (nSPS) is 21.2. The van der Waals surface area contributed by atoms with Crippen LogP contribution in [0.15, 0.2) is 18.2 Å². The van der Waals surface area contributed by atoms with Crippen molar-refractivity contribution in [1.29, 1.82) is 0 Å². The number of amides is 1. The fraction of sp³-hybridized carbons (Fsp3) is 0.467. The van der Waals surface area contributed by atoms with Gasteiger partial charge in [0.2, 0.25) is 5.91 Å². The lowest BCUT2D eigenvalue weighted by atomic mass is 9.90. The van der Waals surface area contributed by atoms with Crippen LogP contribution < -0.4 is 10.6 Å². The van der Waals surface area contributed by atoms with Gasteiger partial charge in [-0.2, -0.15) is 0 Å². The number of hydrogen-bond acceptors (Lipinski definition) is 3. The van der Waals surface area contributed by atoms with Crippen molar-refractivity contribution >= 4 is 40.2 Å². The molecule has 0 aliphatic carbocycles. The third-order valence-corrected chi connectivity index (χ3v) is 4.49. The van der Waals surface area contributed by atoms with Crippen LogP contribution in [0, 0.1) is 3.57 Å². The molecule has 1 aliphatic rings. The Labute approximate surface area is 137 Å². The van der Waals surface area contributed by atoms with E-state index in [0.717, 1.165) is 35.8 Å². The van der Waals surface area contributed by atoms with Gasteiger partial charge in [-0.25, -0.2) is 4.79 Å². The lowest BCUT2D eigenvalue weighted by Gasteiger charge is -2.28. The second-order valence-electron chi connectivity index (χ2n) is 5.31. The Balaban J connectivity index is 2.25. The average molecular weight is 402 g/mol. The van der Waals surface area contributed by atoms with Gasteiger partial charge in [0.15, 0.2) is 0 Å². The quantitative estimate of drug-likeness (QED) is 0.662. The first kappa shape index (κ1) is 16.2. The van der Waals surface area contributed by atoms with Crippen LogP contribution >= 0.6 is 22.6 Å². The third-order valence-electron chi connectivity index (χ3n) is 3.82. The summed E-state index contributed by atoms with van der Waals surface area (Å²) in [5, 5.41) is 15.4. The number of rotatable bonds is 5. The minimum absolute atomic E-state index is 0.125. The second kappa shape index (κ2) is 6.74. The molecule has 1 unspecified atom stereocenters. The van der Waals surface area contributed by atoms with Gasteiger partial charge in [-0.05, 0) is 66.6 Å². The first-order valence-corrected chi connectivity index (χ1v) is 8.16. The van der Waals surface area contributed by atoms with Crippen molar-refractivity contribution in [2.75, 3.05) is 11.9 Å². The van der Waals surface area contributed by atoms with Crippen LogP contribution in [0.5, 0.6) is 0 Å². The van der Waals surface area contributed by atoms with Crippen LogP contribution in [0.1, 0.15) is 43.0 Å². The summed E-state index contributed by atoms with van der Waals surface area (Å²) in [5.74, 6) is -1.17. The second-order valence-corrected chi connectivity index (χ2v) is 6.56. The van der Waals surface area contributed by atoms with Gasteiger partial charge in [0.05, 0.1) is 16.8 Å². The Morgan fingerprint density at radius 2 is 2.24 bits per heavy atom. The number of hydrogen-bond donors (Lipinski definition) is 3. The fourth-order valence-corrected chi connectivity index (χ4v) is 3.29. The summed E-state index contributed by atoms with van der Waals surface area (Å²) in [6.45, 7) is 2.87. The maximum Gasteiger partial charge on any atom is 0.337 e. The third kappa shape index (κ3) is 3.55. The number of halogens is 1. The van der Waals surface area contributed by atoms with Crippen molar-refractivity contribution in [1.82, 2.24) is 5.32 Å². The summed E-state index contributed by atoms with van der Waals surface area (Å²) in [7, 11) is 0. The summed E-state index contributed by atoms with van der Waals surface area (Å²) >= 11 is 2.06. The molecule has 0 radical (unpaired) electrons. The molecular formula is C15H19IN2O3. The molecule has 2 rings (SSSR count). The van der Waals surface area contributed by atoms with Gasteiger partial charge in [-0.3, -0.25) is 4.79 Å².